The molecule has 1 aliphatic heterocycles. The van der Waals surface area contributed by atoms with E-state index in [4.69, 9.17) is 0 Å². The lowest BCUT2D eigenvalue weighted by Gasteiger charge is -2.39. The Labute approximate surface area is 180 Å². The summed E-state index contributed by atoms with van der Waals surface area (Å²) in [7, 11) is 0. The molecule has 0 saturated heterocycles. The van der Waals surface area contributed by atoms with Crippen LogP contribution in [0.5, 0.6) is 0 Å². The van der Waals surface area contributed by atoms with Crippen LogP contribution in [0.4, 0.5) is 0 Å². The van der Waals surface area contributed by atoms with E-state index in [1.807, 2.05) is 11.8 Å². The first kappa shape index (κ1) is 16.5. The highest BCUT2D eigenvalue weighted by Crippen LogP contribution is 2.62. The molecule has 0 radical (unpaired) electrons. The van der Waals surface area contributed by atoms with Crippen molar-refractivity contribution >= 4 is 22.5 Å². The molecule has 0 bridgehead atoms. The predicted octanol–water partition coefficient (Wildman–Crippen LogP) is 7.67. The van der Waals surface area contributed by atoms with Crippen molar-refractivity contribution < 1.29 is 0 Å². The van der Waals surface area contributed by atoms with Crippen molar-refractivity contribution in [1.29, 1.82) is 0 Å². The van der Waals surface area contributed by atoms with Crippen LogP contribution in [0.3, 0.4) is 0 Å². The molecule has 30 heavy (non-hydrogen) atoms. The molecule has 7 rings (SSSR count). The van der Waals surface area contributed by atoms with E-state index in [0.29, 0.717) is 0 Å². The van der Waals surface area contributed by atoms with Crippen LogP contribution in [-0.4, -0.2) is 0 Å². The van der Waals surface area contributed by atoms with Crippen LogP contribution in [0.1, 0.15) is 22.3 Å². The van der Waals surface area contributed by atoms with E-state index in [1.54, 1.807) is 0 Å². The van der Waals surface area contributed by atoms with Crippen LogP contribution < -0.4 is 0 Å². The van der Waals surface area contributed by atoms with Gasteiger partial charge in [-0.2, -0.15) is 0 Å². The molecule has 0 N–H and O–H groups in total. The molecular formula is C29H18S. The van der Waals surface area contributed by atoms with E-state index in [-0.39, 0.29) is 5.41 Å². The van der Waals surface area contributed by atoms with Gasteiger partial charge in [-0.3, -0.25) is 0 Å². The van der Waals surface area contributed by atoms with Gasteiger partial charge in [0.05, 0.1) is 5.41 Å². The molecule has 1 aliphatic carbocycles. The van der Waals surface area contributed by atoms with Gasteiger partial charge in [0.1, 0.15) is 0 Å². The lowest BCUT2D eigenvalue weighted by Crippen LogP contribution is -2.31. The quantitative estimate of drug-likeness (QED) is 0.253. The zero-order valence-electron chi connectivity index (χ0n) is 16.3. The second kappa shape index (κ2) is 5.87. The summed E-state index contributed by atoms with van der Waals surface area (Å²) in [5, 5.41) is 2.64. The highest BCUT2D eigenvalue weighted by atomic mass is 32.2. The summed E-state index contributed by atoms with van der Waals surface area (Å²) in [6.45, 7) is 0. The first-order valence-corrected chi connectivity index (χ1v) is 11.2. The maximum absolute atomic E-state index is 2.38. The molecule has 140 valence electrons. The molecule has 1 heterocycles. The van der Waals surface area contributed by atoms with E-state index in [9.17, 15) is 0 Å². The Morgan fingerprint density at radius 3 is 1.83 bits per heavy atom. The van der Waals surface area contributed by atoms with E-state index in [2.05, 4.69) is 109 Å². The molecule has 5 aromatic carbocycles. The summed E-state index contributed by atoms with van der Waals surface area (Å²) >= 11 is 1.90. The van der Waals surface area contributed by atoms with Crippen molar-refractivity contribution in [2.75, 3.05) is 0 Å². The van der Waals surface area contributed by atoms with Crippen molar-refractivity contribution in [1.82, 2.24) is 0 Å². The normalized spacial score (nSPS) is 14.8. The summed E-state index contributed by atoms with van der Waals surface area (Å²) in [4.78, 5) is 2.71. The minimum absolute atomic E-state index is 0.269. The summed E-state index contributed by atoms with van der Waals surface area (Å²) < 4.78 is 0. The molecule has 1 spiro atoms. The highest BCUT2D eigenvalue weighted by Gasteiger charge is 2.50. The second-order valence-corrected chi connectivity index (χ2v) is 9.18. The fourth-order valence-corrected chi connectivity index (χ4v) is 6.81. The van der Waals surface area contributed by atoms with Gasteiger partial charge in [-0.25, -0.2) is 0 Å². The Hall–Kier alpha value is -3.29. The highest BCUT2D eigenvalue weighted by molar-refractivity contribution is 7.99. The number of rotatable bonds is 0. The SMILES string of the molecule is c1ccc2c(c1)Sc1ccccc1C21c2ccccc2-c2c1ccc1ccccc21. The fraction of sp³-hybridized carbons (Fsp3) is 0.0345. The zero-order valence-corrected chi connectivity index (χ0v) is 17.1. The van der Waals surface area contributed by atoms with Crippen LogP contribution >= 0.6 is 11.8 Å². The molecule has 0 amide bonds. The van der Waals surface area contributed by atoms with Gasteiger partial charge in [0, 0.05) is 9.79 Å². The summed E-state index contributed by atoms with van der Waals surface area (Å²) in [5.74, 6) is 0. The van der Waals surface area contributed by atoms with Gasteiger partial charge in [-0.15, -0.1) is 0 Å². The third-order valence-electron chi connectivity index (χ3n) is 6.74. The third-order valence-corrected chi connectivity index (χ3v) is 7.89. The van der Waals surface area contributed by atoms with E-state index in [0.717, 1.165) is 0 Å². The first-order chi connectivity index (χ1) is 14.9. The maximum Gasteiger partial charge on any atom is 0.0735 e. The molecule has 0 aromatic heterocycles. The predicted molar refractivity (Wildman–Crippen MR) is 125 cm³/mol. The van der Waals surface area contributed by atoms with Gasteiger partial charge in [0.15, 0.2) is 0 Å². The summed E-state index contributed by atoms with van der Waals surface area (Å²) in [6.07, 6.45) is 0. The summed E-state index contributed by atoms with van der Waals surface area (Å²) in [5.41, 5.74) is 8.08. The Morgan fingerprint density at radius 2 is 1.07 bits per heavy atom. The van der Waals surface area contributed by atoms with Crippen LogP contribution in [0.15, 0.2) is 119 Å². The number of benzene rings is 5. The minimum atomic E-state index is -0.269. The van der Waals surface area contributed by atoms with Gasteiger partial charge in [-0.05, 0) is 56.3 Å². The molecule has 2 aliphatic rings. The number of hydrogen-bond donors (Lipinski definition) is 0. The smallest absolute Gasteiger partial charge is 0.0735 e. The van der Waals surface area contributed by atoms with E-state index >= 15 is 0 Å². The Kier molecular flexibility index (Phi) is 3.23. The Morgan fingerprint density at radius 1 is 0.467 bits per heavy atom. The molecule has 0 atom stereocenters. The van der Waals surface area contributed by atoms with Crippen LogP contribution in [0.2, 0.25) is 0 Å². The Bertz CT molecular complexity index is 1430. The monoisotopic (exact) mass is 398 g/mol. The fourth-order valence-electron chi connectivity index (χ4n) is 5.62. The van der Waals surface area contributed by atoms with Gasteiger partial charge >= 0.3 is 0 Å². The lowest BCUT2D eigenvalue weighted by molar-refractivity contribution is 0.723. The van der Waals surface area contributed by atoms with Gasteiger partial charge in [-0.1, -0.05) is 109 Å². The van der Waals surface area contributed by atoms with Crippen molar-refractivity contribution in [3.8, 4) is 11.1 Å². The molecule has 0 fully saturated rings. The third kappa shape index (κ3) is 1.89. The second-order valence-electron chi connectivity index (χ2n) is 8.10. The lowest BCUT2D eigenvalue weighted by atomic mass is 9.67. The molecule has 5 aromatic rings. The average Bonchev–Trinajstić information content (AvgIpc) is 3.11. The number of hydrogen-bond acceptors (Lipinski definition) is 1. The van der Waals surface area contributed by atoms with Crippen molar-refractivity contribution in [2.24, 2.45) is 0 Å². The molecule has 1 heteroatoms. The van der Waals surface area contributed by atoms with Gasteiger partial charge < -0.3 is 0 Å². The molecule has 0 saturated carbocycles. The molecular weight excluding hydrogens is 380 g/mol. The average molecular weight is 399 g/mol. The van der Waals surface area contributed by atoms with E-state index in [1.165, 1.54) is 53.9 Å². The standard InChI is InChI=1S/C29H18S/c1-2-10-20-19(9-1)17-18-25-28(20)21-11-3-4-12-22(21)29(25)23-13-5-7-15-26(23)30-27-16-8-6-14-24(27)29/h1-18H. The van der Waals surface area contributed by atoms with Crippen LogP contribution in [-0.2, 0) is 5.41 Å². The topological polar surface area (TPSA) is 0 Å². The molecule has 0 unspecified atom stereocenters. The summed E-state index contributed by atoms with van der Waals surface area (Å²) in [6, 6.07) is 40.4. The van der Waals surface area contributed by atoms with E-state index < -0.39 is 0 Å². The Balaban J connectivity index is 1.75. The zero-order chi connectivity index (χ0) is 19.7. The van der Waals surface area contributed by atoms with Crippen molar-refractivity contribution in [3.05, 3.63) is 131 Å². The number of fused-ring (bicyclic) bond motifs is 11. The minimum Gasteiger partial charge on any atom is -0.0894 e. The molecule has 0 nitrogen and oxygen atoms in total. The van der Waals surface area contributed by atoms with Crippen LogP contribution in [0, 0.1) is 0 Å². The largest absolute Gasteiger partial charge is 0.0894 e. The van der Waals surface area contributed by atoms with Crippen molar-refractivity contribution in [2.45, 2.75) is 15.2 Å². The van der Waals surface area contributed by atoms with Gasteiger partial charge in [0.2, 0.25) is 0 Å². The first-order valence-electron chi connectivity index (χ1n) is 10.4. The van der Waals surface area contributed by atoms with Gasteiger partial charge in [0.25, 0.3) is 0 Å². The van der Waals surface area contributed by atoms with Crippen LogP contribution in [0.25, 0.3) is 21.9 Å². The van der Waals surface area contributed by atoms with Crippen molar-refractivity contribution in [3.63, 3.8) is 0 Å². The maximum atomic E-state index is 2.38.